The third-order valence-corrected chi connectivity index (χ3v) is 2.17. The number of aryl methyl sites for hydroxylation is 1. The summed E-state index contributed by atoms with van der Waals surface area (Å²) in [5.74, 6) is 2.45. The van der Waals surface area contributed by atoms with Gasteiger partial charge in [-0.15, -0.1) is 6.42 Å². The maximum atomic E-state index is 5.81. The number of hydrogen-bond acceptors (Lipinski definition) is 0. The Balaban J connectivity index is 3.27. The van der Waals surface area contributed by atoms with Gasteiger partial charge in [-0.1, -0.05) is 23.5 Å². The van der Waals surface area contributed by atoms with Crippen molar-refractivity contribution in [2.24, 2.45) is 0 Å². The van der Waals surface area contributed by atoms with Crippen LogP contribution < -0.4 is 5.46 Å². The second kappa shape index (κ2) is 4.00. The van der Waals surface area contributed by atoms with E-state index in [9.17, 15) is 0 Å². The summed E-state index contributed by atoms with van der Waals surface area (Å²) < 4.78 is 0. The van der Waals surface area contributed by atoms with E-state index in [1.807, 2.05) is 25.1 Å². The molecule has 1 aromatic carbocycles. The molecule has 0 aliphatic carbocycles. The summed E-state index contributed by atoms with van der Waals surface area (Å²) in [7, 11) is 5.81. The zero-order valence-corrected chi connectivity index (χ0v) is 7.96. The molecule has 0 atom stereocenters. The summed E-state index contributed by atoms with van der Waals surface area (Å²) in [5.41, 5.74) is 4.21. The van der Waals surface area contributed by atoms with Crippen LogP contribution in [0.5, 0.6) is 0 Å². The Morgan fingerprint density at radius 1 is 1.38 bits per heavy atom. The minimum absolute atomic E-state index is 0.773. The first-order valence-electron chi connectivity index (χ1n) is 4.15. The normalized spacial score (nSPS) is 10.2. The maximum absolute atomic E-state index is 5.81. The number of benzene rings is 1. The van der Waals surface area contributed by atoms with Crippen LogP contribution in [0.3, 0.4) is 0 Å². The number of terminal acetylenes is 1. The van der Waals surface area contributed by atoms with Gasteiger partial charge < -0.3 is 0 Å². The minimum atomic E-state index is 0.773. The molecule has 0 fully saturated rings. The van der Waals surface area contributed by atoms with E-state index in [1.54, 1.807) is 6.08 Å². The standard InChI is InChI=1S/C12H11B/c1-4-5-6-11-10(3)9(2)7-8-12(11)13/h1,5-8H,2-3H3/b6-5-. The Hall–Kier alpha value is -1.42. The molecule has 0 bridgehead atoms. The van der Waals surface area contributed by atoms with Crippen LogP contribution in [-0.2, 0) is 0 Å². The van der Waals surface area contributed by atoms with Crippen LogP contribution in [0.15, 0.2) is 18.2 Å². The van der Waals surface area contributed by atoms with Crippen LogP contribution in [0, 0.1) is 26.2 Å². The molecule has 2 radical (unpaired) electrons. The molecule has 13 heavy (non-hydrogen) atoms. The molecule has 62 valence electrons. The highest BCUT2D eigenvalue weighted by Crippen LogP contribution is 2.11. The summed E-state index contributed by atoms with van der Waals surface area (Å²) in [6.07, 6.45) is 8.67. The lowest BCUT2D eigenvalue weighted by Crippen LogP contribution is -2.09. The molecule has 0 aromatic heterocycles. The van der Waals surface area contributed by atoms with Crippen molar-refractivity contribution in [2.75, 3.05) is 0 Å². The second-order valence-corrected chi connectivity index (χ2v) is 3.01. The molecule has 0 N–H and O–H groups in total. The van der Waals surface area contributed by atoms with Gasteiger partial charge >= 0.3 is 0 Å². The maximum Gasteiger partial charge on any atom is 0.114 e. The van der Waals surface area contributed by atoms with E-state index in [1.165, 1.54) is 11.1 Å². The molecule has 0 amide bonds. The quantitative estimate of drug-likeness (QED) is 0.440. The highest BCUT2D eigenvalue weighted by atomic mass is 14.0. The van der Waals surface area contributed by atoms with Gasteiger partial charge in [0.1, 0.15) is 7.85 Å². The number of allylic oxidation sites excluding steroid dienone is 1. The lowest BCUT2D eigenvalue weighted by Gasteiger charge is -2.07. The zero-order valence-electron chi connectivity index (χ0n) is 7.96. The van der Waals surface area contributed by atoms with Crippen molar-refractivity contribution in [3.8, 4) is 12.3 Å². The molecule has 0 saturated heterocycles. The molecule has 0 spiro atoms. The van der Waals surface area contributed by atoms with Gasteiger partial charge in [0.25, 0.3) is 0 Å². The highest BCUT2D eigenvalue weighted by Gasteiger charge is 2.00. The molecule has 1 heteroatoms. The van der Waals surface area contributed by atoms with Gasteiger partial charge in [-0.3, -0.25) is 0 Å². The van der Waals surface area contributed by atoms with E-state index >= 15 is 0 Å². The van der Waals surface area contributed by atoms with Crippen LogP contribution in [0.2, 0.25) is 0 Å². The fourth-order valence-electron chi connectivity index (χ4n) is 1.21. The molecule has 0 aliphatic heterocycles. The largest absolute Gasteiger partial charge is 0.115 e. The van der Waals surface area contributed by atoms with E-state index in [-0.39, 0.29) is 0 Å². The third-order valence-electron chi connectivity index (χ3n) is 2.17. The van der Waals surface area contributed by atoms with E-state index < -0.39 is 0 Å². The van der Waals surface area contributed by atoms with Crippen molar-refractivity contribution in [3.05, 3.63) is 34.9 Å². The van der Waals surface area contributed by atoms with Crippen molar-refractivity contribution in [2.45, 2.75) is 13.8 Å². The van der Waals surface area contributed by atoms with E-state index in [4.69, 9.17) is 14.3 Å². The average molecular weight is 166 g/mol. The van der Waals surface area contributed by atoms with Crippen molar-refractivity contribution in [1.82, 2.24) is 0 Å². The predicted molar refractivity (Wildman–Crippen MR) is 59.2 cm³/mol. The number of rotatable bonds is 1. The lowest BCUT2D eigenvalue weighted by molar-refractivity contribution is 1.34. The van der Waals surface area contributed by atoms with Crippen LogP contribution >= 0.6 is 0 Å². The smallest absolute Gasteiger partial charge is 0.114 e. The summed E-state index contributed by atoms with van der Waals surface area (Å²) in [6, 6.07) is 3.91. The topological polar surface area (TPSA) is 0 Å². The lowest BCUT2D eigenvalue weighted by atomic mass is 9.86. The molecule has 0 aliphatic rings. The predicted octanol–water partition coefficient (Wildman–Crippen LogP) is 1.74. The van der Waals surface area contributed by atoms with Crippen molar-refractivity contribution in [1.29, 1.82) is 0 Å². The summed E-state index contributed by atoms with van der Waals surface area (Å²) in [6.45, 7) is 4.10. The first kappa shape index (κ1) is 9.67. The van der Waals surface area contributed by atoms with E-state index in [2.05, 4.69) is 12.8 Å². The van der Waals surface area contributed by atoms with Crippen molar-refractivity contribution in [3.63, 3.8) is 0 Å². The summed E-state index contributed by atoms with van der Waals surface area (Å²) in [5, 5.41) is 0. The molecular formula is C12H11B. The Bertz CT molecular complexity index is 381. The van der Waals surface area contributed by atoms with Gasteiger partial charge in [0.2, 0.25) is 0 Å². The van der Waals surface area contributed by atoms with Crippen LogP contribution in [0.4, 0.5) is 0 Å². The SMILES string of the molecule is [B]c1ccc(C)c(C)c1/C=C\C#C. The van der Waals surface area contributed by atoms with Crippen molar-refractivity contribution >= 4 is 19.4 Å². The molecule has 0 saturated carbocycles. The van der Waals surface area contributed by atoms with E-state index in [0.29, 0.717) is 0 Å². The molecule has 1 aromatic rings. The third kappa shape index (κ3) is 2.03. The van der Waals surface area contributed by atoms with Gasteiger partial charge in [-0.25, -0.2) is 0 Å². The van der Waals surface area contributed by atoms with Gasteiger partial charge in [0.15, 0.2) is 0 Å². The van der Waals surface area contributed by atoms with Gasteiger partial charge in [-0.05, 0) is 42.7 Å². The fourth-order valence-corrected chi connectivity index (χ4v) is 1.21. The Morgan fingerprint density at radius 2 is 2.08 bits per heavy atom. The highest BCUT2D eigenvalue weighted by molar-refractivity contribution is 6.34. The molecular weight excluding hydrogens is 155 g/mol. The average Bonchev–Trinajstić information content (AvgIpc) is 2.12. The summed E-state index contributed by atoms with van der Waals surface area (Å²) >= 11 is 0. The Labute approximate surface area is 81.1 Å². The van der Waals surface area contributed by atoms with Gasteiger partial charge in [0, 0.05) is 0 Å². The zero-order chi connectivity index (χ0) is 9.84. The number of hydrogen-bond donors (Lipinski definition) is 0. The first-order chi connectivity index (χ1) is 6.16. The summed E-state index contributed by atoms with van der Waals surface area (Å²) in [4.78, 5) is 0. The second-order valence-electron chi connectivity index (χ2n) is 3.01. The van der Waals surface area contributed by atoms with Crippen molar-refractivity contribution < 1.29 is 0 Å². The molecule has 1 rings (SSSR count). The van der Waals surface area contributed by atoms with Gasteiger partial charge in [-0.2, -0.15) is 0 Å². The van der Waals surface area contributed by atoms with Crippen LogP contribution in [0.1, 0.15) is 16.7 Å². The molecule has 0 heterocycles. The fraction of sp³-hybridized carbons (Fsp3) is 0.167. The van der Waals surface area contributed by atoms with Gasteiger partial charge in [0.05, 0.1) is 0 Å². The van der Waals surface area contributed by atoms with Crippen LogP contribution in [-0.4, -0.2) is 7.85 Å². The Kier molecular flexibility index (Phi) is 2.98. The molecule has 0 unspecified atom stereocenters. The molecule has 0 nitrogen and oxygen atoms in total. The Morgan fingerprint density at radius 3 is 2.69 bits per heavy atom. The van der Waals surface area contributed by atoms with Crippen LogP contribution in [0.25, 0.3) is 6.08 Å². The minimum Gasteiger partial charge on any atom is -0.115 e. The van der Waals surface area contributed by atoms with E-state index in [0.717, 1.165) is 11.0 Å². The first-order valence-corrected chi connectivity index (χ1v) is 4.15. The monoisotopic (exact) mass is 166 g/mol.